The third-order valence-electron chi connectivity index (χ3n) is 0. The third kappa shape index (κ3) is 455. The summed E-state index contributed by atoms with van der Waals surface area (Å²) in [5, 5.41) is 0. The van der Waals surface area contributed by atoms with Gasteiger partial charge in [-0.2, -0.15) is 0 Å². The van der Waals surface area contributed by atoms with Crippen LogP contribution in [-0.2, 0) is 33.0 Å². The van der Waals surface area contributed by atoms with Crippen LogP contribution in [0, 0.1) is 29.7 Å². The van der Waals surface area contributed by atoms with E-state index in [1.54, 1.807) is 0 Å². The van der Waals surface area contributed by atoms with E-state index in [0.29, 0.717) is 0 Å². The molecule has 0 atom stereocenters. The Labute approximate surface area is 124 Å². The molecule has 0 saturated carbocycles. The Bertz CT molecular complexity index is 29.3. The summed E-state index contributed by atoms with van der Waals surface area (Å²) in [4.78, 5) is 0. The van der Waals surface area contributed by atoms with Crippen LogP contribution >= 0.6 is 37.7 Å². The Hall–Kier alpha value is 2.38. The van der Waals surface area contributed by atoms with Gasteiger partial charge in [0.25, 0.3) is 0 Å². The topological polar surface area (TPSA) is 134 Å². The van der Waals surface area contributed by atoms with Crippen molar-refractivity contribution < 1.29 is 33.0 Å². The number of halogens is 4. The van der Waals surface area contributed by atoms with Crippen LogP contribution in [0.5, 0.6) is 0 Å². The Kier molecular flexibility index (Phi) is 1130. The van der Waals surface area contributed by atoms with Gasteiger partial charge in [-0.25, -0.2) is 0 Å². The molecule has 0 fully saturated rings. The van der Waals surface area contributed by atoms with Crippen molar-refractivity contribution in [2.45, 2.75) is 0 Å². The minimum Gasteiger partial charge on any atom is -0.693 e. The predicted octanol–water partition coefficient (Wildman–Crippen LogP) is 7.42. The summed E-state index contributed by atoms with van der Waals surface area (Å²) in [5.74, 6) is 0. The van der Waals surface area contributed by atoms with Crippen LogP contribution in [-0.4, -0.2) is 0 Å². The van der Waals surface area contributed by atoms with E-state index in [4.69, 9.17) is 37.7 Å². The summed E-state index contributed by atoms with van der Waals surface area (Å²) in [5.41, 5.74) is 0. The molecule has 0 aliphatic heterocycles. The monoisotopic (exact) mass is 654 g/mol. The molecule has 8 N–H and O–H groups in total. The van der Waals surface area contributed by atoms with Crippen LogP contribution in [0.15, 0.2) is 0 Å². The van der Waals surface area contributed by atoms with Gasteiger partial charge in [-0.15, -0.1) is 0 Å². The van der Waals surface area contributed by atoms with Crippen molar-refractivity contribution in [3.8, 4) is 0 Å². The average molecular weight is 656 g/mol. The molecule has 0 unspecified atom stereocenters. The largest absolute Gasteiger partial charge is 0.693 e. The van der Waals surface area contributed by atoms with Gasteiger partial charge in [0.2, 0.25) is 0 Å². The maximum atomic E-state index is 4.88. The Morgan fingerprint density at radius 3 is 0.429 bits per heavy atom. The van der Waals surface area contributed by atoms with Gasteiger partial charge in [0.05, 0.1) is 0 Å². The standard InChI is InChI=1S/4CH3.4ClH.4H2N.2Pt/h4*1H3;4*1H;4*1H2;;/q4*-1;;;;;4*-1;2*+2/p-4. The first kappa shape index (κ1) is 95.2. The van der Waals surface area contributed by atoms with Crippen LogP contribution in [0.25, 0.3) is 24.6 Å². The van der Waals surface area contributed by atoms with E-state index in [9.17, 15) is 0 Å². The van der Waals surface area contributed by atoms with Gasteiger partial charge in [-0.3, -0.25) is 0 Å². The number of rotatable bonds is 0. The van der Waals surface area contributed by atoms with Crippen molar-refractivity contribution in [3.63, 3.8) is 0 Å². The molecular formula is C4H20Cl4N4Pt2-8. The van der Waals surface area contributed by atoms with E-state index in [0.717, 1.165) is 0 Å². The molecule has 0 aromatic rings. The predicted molar refractivity (Wildman–Crippen MR) is 70.2 cm³/mol. The minimum absolute atomic E-state index is 0. The van der Waals surface area contributed by atoms with E-state index in [1.165, 1.54) is 0 Å². The third-order valence-corrected chi connectivity index (χ3v) is 0. The molecule has 0 amide bonds. The summed E-state index contributed by atoms with van der Waals surface area (Å²) < 4.78 is 0. The molecule has 4 nitrogen and oxygen atoms in total. The minimum atomic E-state index is -0.472. The van der Waals surface area contributed by atoms with Gasteiger partial charge in [-0.05, 0) is 0 Å². The maximum Gasteiger partial charge on any atom is -0.693 e. The van der Waals surface area contributed by atoms with Crippen molar-refractivity contribution in [2.24, 2.45) is 0 Å². The fraction of sp³-hybridized carbons (Fsp3) is 0. The van der Waals surface area contributed by atoms with Crippen LogP contribution in [0.4, 0.5) is 0 Å². The molecule has 0 aromatic carbocycles. The molecular weight excluding hydrogens is 636 g/mol. The SMILES string of the molecule is [CH3-].[CH3-].[CH3-].[CH3-].[Cl][Pt][Cl].[Cl][Pt][Cl].[NH2-].[NH2-].[NH2-].[NH2-]. The van der Waals surface area contributed by atoms with Crippen LogP contribution < -0.4 is 0 Å². The smallest absolute Gasteiger partial charge is 0.693 e. The molecule has 0 aromatic heterocycles. The quantitative estimate of drug-likeness (QED) is 0.240. The first-order valence-corrected chi connectivity index (χ1v) is 11.7. The molecule has 10 heteroatoms. The zero-order valence-corrected chi connectivity index (χ0v) is 16.0. The van der Waals surface area contributed by atoms with E-state index in [1.807, 2.05) is 0 Å². The second-order valence-corrected chi connectivity index (χ2v) is 6.66. The molecule has 0 aliphatic carbocycles. The molecule has 0 heterocycles. The second kappa shape index (κ2) is 166. The Morgan fingerprint density at radius 1 is 0.429 bits per heavy atom. The first-order chi connectivity index (χ1) is 2.83. The van der Waals surface area contributed by atoms with Crippen molar-refractivity contribution in [1.82, 2.24) is 0 Å². The summed E-state index contributed by atoms with van der Waals surface area (Å²) in [7, 11) is 19.5. The second-order valence-electron chi connectivity index (χ2n) is 0.0904. The van der Waals surface area contributed by atoms with E-state index in [2.05, 4.69) is 0 Å². The zero-order chi connectivity index (χ0) is 5.41. The summed E-state index contributed by atoms with van der Waals surface area (Å²) in [6.07, 6.45) is 0. The molecule has 0 bridgehead atoms. The van der Waals surface area contributed by atoms with Crippen LogP contribution in [0.3, 0.4) is 0 Å². The van der Waals surface area contributed by atoms with Gasteiger partial charge < -0.3 is 54.3 Å². The fourth-order valence-corrected chi connectivity index (χ4v) is 0. The van der Waals surface area contributed by atoms with Crippen molar-refractivity contribution in [2.75, 3.05) is 0 Å². The number of hydrogen-bond acceptors (Lipinski definition) is 0. The van der Waals surface area contributed by atoms with Gasteiger partial charge in [0.15, 0.2) is 0 Å². The Morgan fingerprint density at radius 2 is 0.429 bits per heavy atom. The van der Waals surface area contributed by atoms with Crippen molar-refractivity contribution in [3.05, 3.63) is 54.3 Å². The van der Waals surface area contributed by atoms with Crippen LogP contribution in [0.2, 0.25) is 0 Å². The van der Waals surface area contributed by atoms with Crippen molar-refractivity contribution in [1.29, 1.82) is 0 Å². The fourth-order valence-electron chi connectivity index (χ4n) is 0. The van der Waals surface area contributed by atoms with Gasteiger partial charge in [0, 0.05) is 0 Å². The molecule has 112 valence electrons. The Balaban J connectivity index is -0.00000000182. The van der Waals surface area contributed by atoms with E-state index in [-0.39, 0.29) is 54.3 Å². The van der Waals surface area contributed by atoms with E-state index < -0.39 is 33.0 Å². The van der Waals surface area contributed by atoms with Gasteiger partial charge >= 0.3 is 70.6 Å². The summed E-state index contributed by atoms with van der Waals surface area (Å²) in [6, 6.07) is 0. The molecule has 0 spiro atoms. The van der Waals surface area contributed by atoms with Crippen molar-refractivity contribution >= 4 is 37.7 Å². The average Bonchev–Trinajstić information content (AvgIpc) is 1.39. The van der Waals surface area contributed by atoms with Gasteiger partial charge in [0.1, 0.15) is 0 Å². The zero-order valence-electron chi connectivity index (χ0n) is 8.45. The maximum absolute atomic E-state index is 4.88. The molecule has 0 rings (SSSR count). The number of nitrogens with two attached hydrogens (primary N) is 4. The summed E-state index contributed by atoms with van der Waals surface area (Å²) >= 11 is -0.944. The van der Waals surface area contributed by atoms with Crippen LogP contribution in [0.1, 0.15) is 0 Å². The molecule has 0 aliphatic rings. The molecule has 14 heavy (non-hydrogen) atoms. The molecule has 0 radical (unpaired) electrons. The molecule has 0 saturated heterocycles. The summed E-state index contributed by atoms with van der Waals surface area (Å²) in [6.45, 7) is 0. The normalized spacial score (nSPS) is 3.14. The van der Waals surface area contributed by atoms with E-state index >= 15 is 0 Å². The number of hydrogen-bond donors (Lipinski definition) is 0. The first-order valence-electron chi connectivity index (χ1n) is 0.478. The van der Waals surface area contributed by atoms with Gasteiger partial charge in [-0.1, -0.05) is 0 Å².